The summed E-state index contributed by atoms with van der Waals surface area (Å²) in [6, 6.07) is 8.23. The number of hydrogen-bond acceptors (Lipinski definition) is 4. The van der Waals surface area contributed by atoms with Crippen LogP contribution in [0.15, 0.2) is 40.1 Å². The summed E-state index contributed by atoms with van der Waals surface area (Å²) in [5, 5.41) is 10.8. The van der Waals surface area contributed by atoms with Crippen molar-refractivity contribution in [2.75, 3.05) is 20.6 Å². The molecule has 8 nitrogen and oxygen atoms in total. The second kappa shape index (κ2) is 8.98. The Balaban J connectivity index is 1.66. The van der Waals surface area contributed by atoms with E-state index in [-0.39, 0.29) is 18.5 Å². The Morgan fingerprint density at radius 2 is 2.15 bits per heavy atom. The number of nitrogens with zero attached hydrogens (tertiary/aromatic N) is 5. The van der Waals surface area contributed by atoms with Crippen LogP contribution in [0.3, 0.4) is 0 Å². The maximum Gasteiger partial charge on any atom is 0.241 e. The fraction of sp³-hybridized carbons (Fsp3) is 0.444. The Morgan fingerprint density at radius 3 is 2.89 bits per heavy atom. The van der Waals surface area contributed by atoms with Crippen molar-refractivity contribution in [3.8, 4) is 0 Å². The summed E-state index contributed by atoms with van der Waals surface area (Å²) in [7, 11) is 3.48. The lowest BCUT2D eigenvalue weighted by molar-refractivity contribution is -0.127. The fourth-order valence-electron chi connectivity index (χ4n) is 2.78. The monoisotopic (exact) mass is 433 g/mol. The van der Waals surface area contributed by atoms with E-state index in [1.165, 1.54) is 0 Å². The SMILES string of the molecule is CN(C)C(=O)CNC(=NCc1ccc(Br)cc1)NC1CCc2ncnn2C1. The second-order valence-corrected chi connectivity index (χ2v) is 7.59. The molecule has 1 aromatic heterocycles. The normalized spacial score (nSPS) is 16.6. The standard InChI is InChI=1S/C18H24BrN7O/c1-25(2)17(27)10-21-18(20-9-13-3-5-14(19)6-4-13)24-15-7-8-16-22-12-23-26(16)11-15/h3-6,12,15H,7-11H2,1-2H3,(H2,20,21,24). The number of amides is 1. The molecule has 0 spiro atoms. The lowest BCUT2D eigenvalue weighted by atomic mass is 10.1. The zero-order valence-electron chi connectivity index (χ0n) is 15.5. The number of hydrogen-bond donors (Lipinski definition) is 2. The Labute approximate surface area is 167 Å². The van der Waals surface area contributed by atoms with Crippen LogP contribution in [0, 0.1) is 0 Å². The number of rotatable bonds is 5. The van der Waals surface area contributed by atoms with Crippen molar-refractivity contribution >= 4 is 27.8 Å². The van der Waals surface area contributed by atoms with Crippen LogP contribution >= 0.6 is 15.9 Å². The van der Waals surface area contributed by atoms with Crippen LogP contribution in [-0.4, -0.2) is 58.2 Å². The lowest BCUT2D eigenvalue weighted by Crippen LogP contribution is -2.49. The quantitative estimate of drug-likeness (QED) is 0.545. The van der Waals surface area contributed by atoms with Crippen molar-refractivity contribution in [2.45, 2.75) is 32.0 Å². The van der Waals surface area contributed by atoms with Gasteiger partial charge in [0.05, 0.1) is 19.6 Å². The number of aryl methyl sites for hydroxylation is 1. The summed E-state index contributed by atoms with van der Waals surface area (Å²) in [5.41, 5.74) is 1.10. The molecule has 1 aromatic carbocycles. The van der Waals surface area contributed by atoms with E-state index in [0.717, 1.165) is 35.2 Å². The highest BCUT2D eigenvalue weighted by molar-refractivity contribution is 9.10. The summed E-state index contributed by atoms with van der Waals surface area (Å²) in [6.45, 7) is 1.45. The Bertz CT molecular complexity index is 800. The van der Waals surface area contributed by atoms with Crippen LogP contribution in [0.4, 0.5) is 0 Å². The van der Waals surface area contributed by atoms with Gasteiger partial charge in [0.1, 0.15) is 12.2 Å². The number of benzene rings is 1. The molecule has 27 heavy (non-hydrogen) atoms. The molecular weight excluding hydrogens is 410 g/mol. The van der Waals surface area contributed by atoms with Gasteiger partial charge < -0.3 is 15.5 Å². The van der Waals surface area contributed by atoms with Gasteiger partial charge in [0.2, 0.25) is 5.91 Å². The second-order valence-electron chi connectivity index (χ2n) is 6.67. The number of carbonyl (C=O) groups excluding carboxylic acids is 1. The van der Waals surface area contributed by atoms with E-state index >= 15 is 0 Å². The first-order valence-corrected chi connectivity index (χ1v) is 9.66. The predicted octanol–water partition coefficient (Wildman–Crippen LogP) is 1.18. The van der Waals surface area contributed by atoms with Gasteiger partial charge in [-0.15, -0.1) is 0 Å². The van der Waals surface area contributed by atoms with Crippen molar-refractivity contribution in [1.82, 2.24) is 30.3 Å². The van der Waals surface area contributed by atoms with Gasteiger partial charge in [-0.1, -0.05) is 28.1 Å². The Kier molecular flexibility index (Phi) is 6.44. The number of carbonyl (C=O) groups is 1. The third-order valence-corrected chi connectivity index (χ3v) is 4.91. The molecule has 1 atom stereocenters. The Morgan fingerprint density at radius 1 is 1.37 bits per heavy atom. The summed E-state index contributed by atoms with van der Waals surface area (Å²) in [5.74, 6) is 1.63. The maximum atomic E-state index is 11.9. The topological polar surface area (TPSA) is 87.4 Å². The summed E-state index contributed by atoms with van der Waals surface area (Å²) >= 11 is 3.44. The van der Waals surface area contributed by atoms with Gasteiger partial charge >= 0.3 is 0 Å². The van der Waals surface area contributed by atoms with Gasteiger partial charge in [-0.05, 0) is 24.1 Å². The fourth-order valence-corrected chi connectivity index (χ4v) is 3.04. The van der Waals surface area contributed by atoms with E-state index in [9.17, 15) is 4.79 Å². The van der Waals surface area contributed by atoms with Crippen LogP contribution in [0.25, 0.3) is 0 Å². The molecule has 0 fully saturated rings. The largest absolute Gasteiger partial charge is 0.352 e. The van der Waals surface area contributed by atoms with Gasteiger partial charge in [-0.3, -0.25) is 4.79 Å². The Hall–Kier alpha value is -2.42. The highest BCUT2D eigenvalue weighted by atomic mass is 79.9. The number of aliphatic imine (C=N–C) groups is 1. The minimum Gasteiger partial charge on any atom is -0.352 e. The van der Waals surface area contributed by atoms with Gasteiger partial charge in [0.25, 0.3) is 0 Å². The molecule has 1 aliphatic rings. The zero-order chi connectivity index (χ0) is 19.2. The van der Waals surface area contributed by atoms with Crippen molar-refractivity contribution in [2.24, 2.45) is 4.99 Å². The molecule has 1 aliphatic heterocycles. The van der Waals surface area contributed by atoms with E-state index in [2.05, 4.69) is 41.6 Å². The van der Waals surface area contributed by atoms with E-state index in [1.807, 2.05) is 28.9 Å². The first-order chi connectivity index (χ1) is 13.0. The van der Waals surface area contributed by atoms with Crippen molar-refractivity contribution in [1.29, 1.82) is 0 Å². The number of halogens is 1. The van der Waals surface area contributed by atoms with Crippen LogP contribution < -0.4 is 10.6 Å². The smallest absolute Gasteiger partial charge is 0.241 e. The number of likely N-dealkylation sites (N-methyl/N-ethyl adjacent to an activating group) is 1. The molecule has 1 amide bonds. The van der Waals surface area contributed by atoms with E-state index in [4.69, 9.17) is 0 Å². The molecule has 0 bridgehead atoms. The van der Waals surface area contributed by atoms with Crippen LogP contribution in [-0.2, 0) is 24.3 Å². The molecule has 9 heteroatoms. The van der Waals surface area contributed by atoms with E-state index < -0.39 is 0 Å². The average Bonchev–Trinajstić information content (AvgIpc) is 3.12. The van der Waals surface area contributed by atoms with Gasteiger partial charge in [0, 0.05) is 31.0 Å². The van der Waals surface area contributed by atoms with Crippen LogP contribution in [0.1, 0.15) is 17.8 Å². The first kappa shape index (κ1) is 19.3. The van der Waals surface area contributed by atoms with Gasteiger partial charge in [-0.25, -0.2) is 14.7 Å². The molecule has 2 heterocycles. The minimum atomic E-state index is -0.00431. The number of nitrogens with one attached hydrogen (secondary N) is 2. The van der Waals surface area contributed by atoms with Crippen molar-refractivity contribution in [3.63, 3.8) is 0 Å². The summed E-state index contributed by atoms with van der Waals surface area (Å²) in [6.07, 6.45) is 3.40. The number of aromatic nitrogens is 3. The van der Waals surface area contributed by atoms with Crippen LogP contribution in [0.2, 0.25) is 0 Å². The van der Waals surface area contributed by atoms with Crippen molar-refractivity contribution < 1.29 is 4.79 Å². The lowest BCUT2D eigenvalue weighted by Gasteiger charge is -2.25. The zero-order valence-corrected chi connectivity index (χ0v) is 17.1. The highest BCUT2D eigenvalue weighted by Crippen LogP contribution is 2.12. The average molecular weight is 434 g/mol. The molecule has 2 aromatic rings. The molecule has 2 N–H and O–H groups in total. The molecule has 0 saturated heterocycles. The van der Waals surface area contributed by atoms with E-state index in [1.54, 1.807) is 25.3 Å². The van der Waals surface area contributed by atoms with E-state index in [0.29, 0.717) is 12.5 Å². The number of fused-ring (bicyclic) bond motifs is 1. The molecular formula is C18H24BrN7O. The highest BCUT2D eigenvalue weighted by Gasteiger charge is 2.21. The molecule has 144 valence electrons. The molecule has 0 radical (unpaired) electrons. The molecule has 3 rings (SSSR count). The third kappa shape index (κ3) is 5.53. The summed E-state index contributed by atoms with van der Waals surface area (Å²) in [4.78, 5) is 22.4. The van der Waals surface area contributed by atoms with Gasteiger partial charge in [-0.2, -0.15) is 5.10 Å². The minimum absolute atomic E-state index is 0.00431. The summed E-state index contributed by atoms with van der Waals surface area (Å²) < 4.78 is 2.95. The predicted molar refractivity (Wildman–Crippen MR) is 107 cm³/mol. The van der Waals surface area contributed by atoms with Crippen LogP contribution in [0.5, 0.6) is 0 Å². The van der Waals surface area contributed by atoms with Gasteiger partial charge in [0.15, 0.2) is 5.96 Å². The molecule has 0 saturated carbocycles. The van der Waals surface area contributed by atoms with Crippen molar-refractivity contribution in [3.05, 3.63) is 46.5 Å². The molecule has 1 unspecified atom stereocenters. The third-order valence-electron chi connectivity index (χ3n) is 4.39. The maximum absolute atomic E-state index is 11.9. The molecule has 0 aliphatic carbocycles. The first-order valence-electron chi connectivity index (χ1n) is 8.87. The number of guanidine groups is 1.